The lowest BCUT2D eigenvalue weighted by atomic mass is 10.1. The fourth-order valence-electron chi connectivity index (χ4n) is 2.80. The number of hydrogen-bond donors (Lipinski definition) is 2. The van der Waals surface area contributed by atoms with Gasteiger partial charge >= 0.3 is 6.03 Å². The first-order valence-electron chi connectivity index (χ1n) is 8.39. The van der Waals surface area contributed by atoms with Gasteiger partial charge in [0.05, 0.1) is 24.5 Å². The summed E-state index contributed by atoms with van der Waals surface area (Å²) < 4.78 is 7.53. The van der Waals surface area contributed by atoms with Crippen molar-refractivity contribution in [1.82, 2.24) is 9.78 Å². The number of anilines is 2. The summed E-state index contributed by atoms with van der Waals surface area (Å²) in [5.74, 6) is 0. The zero-order valence-corrected chi connectivity index (χ0v) is 14.2. The second-order valence-electron chi connectivity index (χ2n) is 6.32. The molecule has 1 aromatic heterocycles. The predicted octanol–water partition coefficient (Wildman–Crippen LogP) is 3.71. The molecule has 1 unspecified atom stereocenters. The predicted molar refractivity (Wildman–Crippen MR) is 94.4 cm³/mol. The molecule has 2 heterocycles. The SMILES string of the molecule is Cc1ccc(NC(=O)Nc2cnn(CC3CCCCO3)c2)cc1C. The van der Waals surface area contributed by atoms with Crippen LogP contribution in [0.25, 0.3) is 0 Å². The van der Waals surface area contributed by atoms with Crippen molar-refractivity contribution >= 4 is 17.4 Å². The Bertz CT molecular complexity index is 705. The first-order chi connectivity index (χ1) is 11.6. The van der Waals surface area contributed by atoms with Gasteiger partial charge in [0, 0.05) is 18.5 Å². The molecule has 2 N–H and O–H groups in total. The van der Waals surface area contributed by atoms with Crippen molar-refractivity contribution in [2.75, 3.05) is 17.2 Å². The van der Waals surface area contributed by atoms with Crippen LogP contribution in [0.2, 0.25) is 0 Å². The highest BCUT2D eigenvalue weighted by molar-refractivity contribution is 5.99. The lowest BCUT2D eigenvalue weighted by Gasteiger charge is -2.22. The molecule has 6 heteroatoms. The second-order valence-corrected chi connectivity index (χ2v) is 6.32. The van der Waals surface area contributed by atoms with Gasteiger partial charge < -0.3 is 15.4 Å². The molecule has 0 spiro atoms. The summed E-state index contributed by atoms with van der Waals surface area (Å²) in [6, 6.07) is 5.57. The van der Waals surface area contributed by atoms with Gasteiger partial charge in [-0.1, -0.05) is 6.07 Å². The Morgan fingerprint density at radius 1 is 1.25 bits per heavy atom. The maximum absolute atomic E-state index is 12.1. The number of ether oxygens (including phenoxy) is 1. The number of carbonyl (C=O) groups excluding carboxylic acids is 1. The van der Waals surface area contributed by atoms with E-state index in [4.69, 9.17) is 4.74 Å². The molecule has 6 nitrogen and oxygen atoms in total. The van der Waals surface area contributed by atoms with E-state index in [1.165, 1.54) is 12.0 Å². The quantitative estimate of drug-likeness (QED) is 0.899. The smallest absolute Gasteiger partial charge is 0.323 e. The Balaban J connectivity index is 1.53. The van der Waals surface area contributed by atoms with Crippen LogP contribution in [-0.2, 0) is 11.3 Å². The number of hydrogen-bond acceptors (Lipinski definition) is 3. The fraction of sp³-hybridized carbons (Fsp3) is 0.444. The van der Waals surface area contributed by atoms with Crippen LogP contribution in [0.5, 0.6) is 0 Å². The van der Waals surface area contributed by atoms with E-state index in [1.54, 1.807) is 6.20 Å². The molecule has 0 aliphatic carbocycles. The molecule has 1 fully saturated rings. The van der Waals surface area contributed by atoms with Crippen LogP contribution in [-0.4, -0.2) is 28.5 Å². The molecule has 0 saturated carbocycles. The minimum atomic E-state index is -0.272. The largest absolute Gasteiger partial charge is 0.376 e. The van der Waals surface area contributed by atoms with Crippen LogP contribution >= 0.6 is 0 Å². The highest BCUT2D eigenvalue weighted by Crippen LogP contribution is 2.16. The lowest BCUT2D eigenvalue weighted by Crippen LogP contribution is -2.24. The molecule has 128 valence electrons. The monoisotopic (exact) mass is 328 g/mol. The van der Waals surface area contributed by atoms with E-state index >= 15 is 0 Å². The summed E-state index contributed by atoms with van der Waals surface area (Å²) in [4.78, 5) is 12.1. The zero-order chi connectivity index (χ0) is 16.9. The van der Waals surface area contributed by atoms with E-state index in [0.717, 1.165) is 37.2 Å². The maximum Gasteiger partial charge on any atom is 0.323 e. The van der Waals surface area contributed by atoms with Crippen LogP contribution in [0, 0.1) is 13.8 Å². The molecule has 2 amide bonds. The average molecular weight is 328 g/mol. The third kappa shape index (κ3) is 4.35. The summed E-state index contributed by atoms with van der Waals surface area (Å²) in [5.41, 5.74) is 3.80. The molecule has 0 bridgehead atoms. The Hall–Kier alpha value is -2.34. The Kier molecular flexibility index (Phi) is 5.15. The van der Waals surface area contributed by atoms with E-state index < -0.39 is 0 Å². The van der Waals surface area contributed by atoms with Crippen molar-refractivity contribution in [3.63, 3.8) is 0 Å². The third-order valence-corrected chi connectivity index (χ3v) is 4.32. The number of aromatic nitrogens is 2. The molecular weight excluding hydrogens is 304 g/mol. The van der Waals surface area contributed by atoms with Crippen molar-refractivity contribution in [2.45, 2.75) is 45.8 Å². The minimum absolute atomic E-state index is 0.218. The number of amides is 2. The minimum Gasteiger partial charge on any atom is -0.376 e. The molecule has 3 rings (SSSR count). The summed E-state index contributed by atoms with van der Waals surface area (Å²) in [6.07, 6.45) is 7.11. The molecule has 2 aromatic rings. The Labute approximate surface area is 142 Å². The summed E-state index contributed by atoms with van der Waals surface area (Å²) in [5, 5.41) is 9.94. The molecule has 24 heavy (non-hydrogen) atoms. The standard InChI is InChI=1S/C18H24N4O2/c1-13-6-7-15(9-14(13)2)20-18(23)21-16-10-19-22(11-16)12-17-5-3-4-8-24-17/h6-7,9-11,17H,3-5,8,12H2,1-2H3,(H2,20,21,23). The van der Waals surface area contributed by atoms with Gasteiger partial charge in [0.15, 0.2) is 0 Å². The first kappa shape index (κ1) is 16.5. The first-order valence-corrected chi connectivity index (χ1v) is 8.39. The van der Waals surface area contributed by atoms with Crippen molar-refractivity contribution in [1.29, 1.82) is 0 Å². The molecule has 1 atom stereocenters. The van der Waals surface area contributed by atoms with Gasteiger partial charge in [0.25, 0.3) is 0 Å². The van der Waals surface area contributed by atoms with Crippen molar-refractivity contribution in [2.24, 2.45) is 0 Å². The topological polar surface area (TPSA) is 68.2 Å². The molecule has 1 aliphatic rings. The summed E-state index contributed by atoms with van der Waals surface area (Å²) >= 11 is 0. The van der Waals surface area contributed by atoms with Gasteiger partial charge in [0.1, 0.15) is 0 Å². The van der Waals surface area contributed by atoms with Gasteiger partial charge in [-0.2, -0.15) is 5.10 Å². The van der Waals surface area contributed by atoms with Gasteiger partial charge in [0.2, 0.25) is 0 Å². The van der Waals surface area contributed by atoms with Gasteiger partial charge in [-0.05, 0) is 56.4 Å². The number of rotatable bonds is 4. The molecule has 1 aliphatic heterocycles. The summed E-state index contributed by atoms with van der Waals surface area (Å²) in [7, 11) is 0. The van der Waals surface area contributed by atoms with E-state index in [1.807, 2.05) is 42.9 Å². The average Bonchev–Trinajstić information content (AvgIpc) is 2.99. The van der Waals surface area contributed by atoms with Gasteiger partial charge in [-0.15, -0.1) is 0 Å². The van der Waals surface area contributed by atoms with Crippen LogP contribution in [0.4, 0.5) is 16.2 Å². The van der Waals surface area contributed by atoms with Crippen molar-refractivity contribution in [3.8, 4) is 0 Å². The second kappa shape index (κ2) is 7.49. The van der Waals surface area contributed by atoms with Gasteiger partial charge in [-0.3, -0.25) is 4.68 Å². The number of carbonyl (C=O) groups is 1. The normalized spacial score (nSPS) is 17.5. The zero-order valence-electron chi connectivity index (χ0n) is 14.2. The van der Waals surface area contributed by atoms with Crippen molar-refractivity contribution < 1.29 is 9.53 Å². The van der Waals surface area contributed by atoms with E-state index in [0.29, 0.717) is 5.69 Å². The number of nitrogens with zero attached hydrogens (tertiary/aromatic N) is 2. The Morgan fingerprint density at radius 2 is 2.08 bits per heavy atom. The summed E-state index contributed by atoms with van der Waals surface area (Å²) in [6.45, 7) is 5.62. The molecule has 0 radical (unpaired) electrons. The van der Waals surface area contributed by atoms with Crippen LogP contribution < -0.4 is 10.6 Å². The number of aryl methyl sites for hydroxylation is 2. The van der Waals surface area contributed by atoms with Crippen LogP contribution in [0.3, 0.4) is 0 Å². The molecule has 1 saturated heterocycles. The third-order valence-electron chi connectivity index (χ3n) is 4.32. The van der Waals surface area contributed by atoms with Crippen LogP contribution in [0.1, 0.15) is 30.4 Å². The highest BCUT2D eigenvalue weighted by atomic mass is 16.5. The van der Waals surface area contributed by atoms with E-state index in [-0.39, 0.29) is 12.1 Å². The van der Waals surface area contributed by atoms with Gasteiger partial charge in [-0.25, -0.2) is 4.79 Å². The maximum atomic E-state index is 12.1. The highest BCUT2D eigenvalue weighted by Gasteiger charge is 2.15. The Morgan fingerprint density at radius 3 is 2.83 bits per heavy atom. The van der Waals surface area contributed by atoms with E-state index in [2.05, 4.69) is 15.7 Å². The number of benzene rings is 1. The molecular formula is C18H24N4O2. The lowest BCUT2D eigenvalue weighted by molar-refractivity contribution is 0.00401. The number of nitrogens with one attached hydrogen (secondary N) is 2. The van der Waals surface area contributed by atoms with E-state index in [9.17, 15) is 4.79 Å². The fourth-order valence-corrected chi connectivity index (χ4v) is 2.80. The van der Waals surface area contributed by atoms with Crippen LogP contribution in [0.15, 0.2) is 30.6 Å². The number of urea groups is 1. The van der Waals surface area contributed by atoms with Crippen molar-refractivity contribution in [3.05, 3.63) is 41.7 Å². The molecule has 1 aromatic carbocycles.